The Hall–Kier alpha value is -3.42. The summed E-state index contributed by atoms with van der Waals surface area (Å²) in [4.78, 5) is 23.9. The lowest BCUT2D eigenvalue weighted by Gasteiger charge is -2.10. The lowest BCUT2D eigenvalue weighted by atomic mass is 10.1. The SMILES string of the molecule is O=C(/C=C/c1ccc(C(F)(F)F)cc1)OCC(=O)N1CCC(c2ccccc2)=N1. The van der Waals surface area contributed by atoms with Crippen molar-refractivity contribution in [2.45, 2.75) is 12.6 Å². The normalized spacial score (nSPS) is 14.2. The van der Waals surface area contributed by atoms with Crippen molar-refractivity contribution in [3.63, 3.8) is 0 Å². The standard InChI is InChI=1S/C21H17F3N2O3/c22-21(23,24)17-9-6-15(7-10-17)8-11-20(28)29-14-19(27)26-13-12-18(25-26)16-4-2-1-3-5-16/h1-11H,12-14H2/b11-8+. The monoisotopic (exact) mass is 402 g/mol. The molecule has 0 spiro atoms. The zero-order valence-corrected chi connectivity index (χ0v) is 15.2. The third-order valence-corrected chi connectivity index (χ3v) is 4.18. The molecule has 0 aromatic heterocycles. The lowest BCUT2D eigenvalue weighted by molar-refractivity contribution is -0.147. The van der Waals surface area contributed by atoms with Crippen molar-refractivity contribution in [1.29, 1.82) is 0 Å². The van der Waals surface area contributed by atoms with Gasteiger partial charge in [-0.25, -0.2) is 9.80 Å². The highest BCUT2D eigenvalue weighted by molar-refractivity contribution is 6.02. The second-order valence-corrected chi connectivity index (χ2v) is 6.24. The van der Waals surface area contributed by atoms with Crippen molar-refractivity contribution >= 4 is 23.7 Å². The fraction of sp³-hybridized carbons (Fsp3) is 0.190. The van der Waals surface area contributed by atoms with E-state index in [1.165, 1.54) is 23.2 Å². The van der Waals surface area contributed by atoms with Crippen LogP contribution in [0.1, 0.15) is 23.1 Å². The van der Waals surface area contributed by atoms with E-state index in [4.69, 9.17) is 4.74 Å². The van der Waals surface area contributed by atoms with Crippen molar-refractivity contribution < 1.29 is 27.5 Å². The quantitative estimate of drug-likeness (QED) is 0.563. The van der Waals surface area contributed by atoms with Gasteiger partial charge < -0.3 is 4.74 Å². The average molecular weight is 402 g/mol. The van der Waals surface area contributed by atoms with Crippen LogP contribution in [0.5, 0.6) is 0 Å². The Morgan fingerprint density at radius 3 is 2.41 bits per heavy atom. The van der Waals surface area contributed by atoms with E-state index in [1.54, 1.807) is 0 Å². The number of nitrogens with zero attached hydrogens (tertiary/aromatic N) is 2. The van der Waals surface area contributed by atoms with Crippen molar-refractivity contribution in [3.8, 4) is 0 Å². The molecular weight excluding hydrogens is 385 g/mol. The van der Waals surface area contributed by atoms with Gasteiger partial charge in [0, 0.05) is 12.5 Å². The Kier molecular flexibility index (Phi) is 6.11. The third-order valence-electron chi connectivity index (χ3n) is 4.18. The van der Waals surface area contributed by atoms with E-state index < -0.39 is 30.2 Å². The molecule has 0 radical (unpaired) electrons. The fourth-order valence-electron chi connectivity index (χ4n) is 2.67. The van der Waals surface area contributed by atoms with Gasteiger partial charge in [0.2, 0.25) is 0 Å². The second kappa shape index (κ2) is 8.72. The smallest absolute Gasteiger partial charge is 0.416 e. The molecule has 29 heavy (non-hydrogen) atoms. The summed E-state index contributed by atoms with van der Waals surface area (Å²) in [7, 11) is 0. The Balaban J connectivity index is 1.50. The van der Waals surface area contributed by atoms with Crippen LogP contribution in [0.4, 0.5) is 13.2 Å². The molecule has 0 saturated heterocycles. The van der Waals surface area contributed by atoms with Crippen LogP contribution < -0.4 is 0 Å². The largest absolute Gasteiger partial charge is 0.452 e. The molecule has 1 aliphatic rings. The highest BCUT2D eigenvalue weighted by atomic mass is 19.4. The molecule has 0 saturated carbocycles. The molecule has 3 rings (SSSR count). The molecule has 2 aromatic rings. The Morgan fingerprint density at radius 2 is 1.76 bits per heavy atom. The molecule has 0 aliphatic carbocycles. The van der Waals surface area contributed by atoms with Gasteiger partial charge in [0.1, 0.15) is 0 Å². The number of alkyl halides is 3. The third kappa shape index (κ3) is 5.54. The number of rotatable bonds is 5. The molecule has 0 N–H and O–H groups in total. The number of hydrogen-bond donors (Lipinski definition) is 0. The first kappa shape index (κ1) is 20.3. The predicted octanol–water partition coefficient (Wildman–Crippen LogP) is 3.90. The van der Waals surface area contributed by atoms with Crippen LogP contribution in [0, 0.1) is 0 Å². The summed E-state index contributed by atoms with van der Waals surface area (Å²) >= 11 is 0. The van der Waals surface area contributed by atoms with E-state index in [0.717, 1.165) is 29.5 Å². The fourth-order valence-corrected chi connectivity index (χ4v) is 2.67. The Bertz CT molecular complexity index is 936. The lowest BCUT2D eigenvalue weighted by Crippen LogP contribution is -2.28. The van der Waals surface area contributed by atoms with Crippen LogP contribution in [0.3, 0.4) is 0 Å². The molecule has 1 heterocycles. The molecule has 1 amide bonds. The van der Waals surface area contributed by atoms with E-state index in [-0.39, 0.29) is 0 Å². The van der Waals surface area contributed by atoms with E-state index in [2.05, 4.69) is 5.10 Å². The zero-order chi connectivity index (χ0) is 20.9. The molecule has 5 nitrogen and oxygen atoms in total. The van der Waals surface area contributed by atoms with E-state index in [1.807, 2.05) is 30.3 Å². The van der Waals surface area contributed by atoms with Crippen LogP contribution in [0.2, 0.25) is 0 Å². The number of carbonyl (C=O) groups excluding carboxylic acids is 2. The van der Waals surface area contributed by atoms with Crippen LogP contribution in [0.25, 0.3) is 6.08 Å². The highest BCUT2D eigenvalue weighted by Gasteiger charge is 2.29. The number of hydrazone groups is 1. The van der Waals surface area contributed by atoms with E-state index in [9.17, 15) is 22.8 Å². The highest BCUT2D eigenvalue weighted by Crippen LogP contribution is 2.29. The van der Waals surface area contributed by atoms with Crippen molar-refractivity contribution in [2.24, 2.45) is 5.10 Å². The summed E-state index contributed by atoms with van der Waals surface area (Å²) in [5, 5.41) is 5.52. The number of hydrogen-bond acceptors (Lipinski definition) is 4. The zero-order valence-electron chi connectivity index (χ0n) is 15.2. The van der Waals surface area contributed by atoms with E-state index in [0.29, 0.717) is 18.5 Å². The molecule has 8 heteroatoms. The first-order chi connectivity index (χ1) is 13.8. The van der Waals surface area contributed by atoms with Crippen molar-refractivity contribution in [1.82, 2.24) is 5.01 Å². The van der Waals surface area contributed by atoms with Gasteiger partial charge >= 0.3 is 12.1 Å². The minimum absolute atomic E-state index is 0.401. The topological polar surface area (TPSA) is 59.0 Å². The van der Waals surface area contributed by atoms with Crippen molar-refractivity contribution in [3.05, 3.63) is 77.4 Å². The molecule has 0 fully saturated rings. The van der Waals surface area contributed by atoms with E-state index >= 15 is 0 Å². The number of halogens is 3. The number of benzene rings is 2. The van der Waals surface area contributed by atoms with Gasteiger partial charge in [-0.05, 0) is 29.3 Å². The average Bonchev–Trinajstić information content (AvgIpc) is 3.21. The van der Waals surface area contributed by atoms with Gasteiger partial charge in [-0.1, -0.05) is 42.5 Å². The molecule has 0 bridgehead atoms. The molecule has 0 atom stereocenters. The second-order valence-electron chi connectivity index (χ2n) is 6.24. The molecule has 2 aromatic carbocycles. The Labute approximate surface area is 165 Å². The molecule has 150 valence electrons. The summed E-state index contributed by atoms with van der Waals surface area (Å²) < 4.78 is 42.5. The maximum atomic E-state index is 12.5. The van der Waals surface area contributed by atoms with Gasteiger partial charge in [0.25, 0.3) is 5.91 Å². The molecular formula is C21H17F3N2O3. The minimum Gasteiger partial charge on any atom is -0.452 e. The minimum atomic E-state index is -4.42. The van der Waals surface area contributed by atoms with Gasteiger partial charge in [-0.3, -0.25) is 4.79 Å². The Morgan fingerprint density at radius 1 is 1.07 bits per heavy atom. The number of ether oxygens (including phenoxy) is 1. The summed E-state index contributed by atoms with van der Waals surface area (Å²) in [6, 6.07) is 13.8. The molecule has 1 aliphatic heterocycles. The predicted molar refractivity (Wildman–Crippen MR) is 101 cm³/mol. The van der Waals surface area contributed by atoms with Gasteiger partial charge in [-0.15, -0.1) is 0 Å². The molecule has 0 unspecified atom stereocenters. The number of carbonyl (C=O) groups is 2. The van der Waals surface area contributed by atoms with Gasteiger partial charge in [0.15, 0.2) is 6.61 Å². The summed E-state index contributed by atoms with van der Waals surface area (Å²) in [5.41, 5.74) is 1.34. The number of esters is 1. The van der Waals surface area contributed by atoms with Crippen molar-refractivity contribution in [2.75, 3.05) is 13.2 Å². The maximum Gasteiger partial charge on any atom is 0.416 e. The maximum absolute atomic E-state index is 12.5. The summed E-state index contributed by atoms with van der Waals surface area (Å²) in [6.07, 6.45) is -1.44. The first-order valence-corrected chi connectivity index (χ1v) is 8.78. The summed E-state index contributed by atoms with van der Waals surface area (Å²) in [5.74, 6) is -1.23. The van der Waals surface area contributed by atoms with Crippen LogP contribution in [-0.4, -0.2) is 35.7 Å². The van der Waals surface area contributed by atoms with Crippen LogP contribution in [0.15, 0.2) is 65.8 Å². The van der Waals surface area contributed by atoms with Crippen LogP contribution >= 0.6 is 0 Å². The van der Waals surface area contributed by atoms with Crippen LogP contribution in [-0.2, 0) is 20.5 Å². The van der Waals surface area contributed by atoms with Gasteiger partial charge in [-0.2, -0.15) is 18.3 Å². The van der Waals surface area contributed by atoms with Gasteiger partial charge in [0.05, 0.1) is 17.8 Å². The summed E-state index contributed by atoms with van der Waals surface area (Å²) in [6.45, 7) is -0.0657. The number of amides is 1. The first-order valence-electron chi connectivity index (χ1n) is 8.78.